The van der Waals surface area contributed by atoms with Crippen molar-refractivity contribution in [1.29, 1.82) is 0 Å². The molecule has 1 N–H and O–H groups in total. The number of aromatic nitrogens is 2. The summed E-state index contributed by atoms with van der Waals surface area (Å²) in [6, 6.07) is 0. The molecule has 0 bridgehead atoms. The summed E-state index contributed by atoms with van der Waals surface area (Å²) in [6.45, 7) is 3.01. The van der Waals surface area contributed by atoms with Crippen LogP contribution in [0.4, 0.5) is 0 Å². The second-order valence-corrected chi connectivity index (χ2v) is 4.20. The van der Waals surface area contributed by atoms with Crippen molar-refractivity contribution in [3.63, 3.8) is 0 Å². The molecule has 1 aliphatic rings. The van der Waals surface area contributed by atoms with Gasteiger partial charge in [-0.25, -0.2) is 0 Å². The van der Waals surface area contributed by atoms with Crippen LogP contribution in [0, 0.1) is 0 Å². The predicted molar refractivity (Wildman–Crippen MR) is 57.8 cm³/mol. The average molecular weight is 207 g/mol. The van der Waals surface area contributed by atoms with E-state index in [1.807, 2.05) is 7.05 Å². The van der Waals surface area contributed by atoms with Crippen molar-refractivity contribution in [3.8, 4) is 0 Å². The summed E-state index contributed by atoms with van der Waals surface area (Å²) in [4.78, 5) is 12.3. The fourth-order valence-corrected chi connectivity index (χ4v) is 2.28. The van der Waals surface area contributed by atoms with E-state index in [1.54, 1.807) is 17.1 Å². The second-order valence-electron chi connectivity index (χ2n) is 4.20. The van der Waals surface area contributed by atoms with Crippen LogP contribution < -0.4 is 5.32 Å². The Labute approximate surface area is 89.7 Å². The zero-order valence-electron chi connectivity index (χ0n) is 9.29. The van der Waals surface area contributed by atoms with E-state index >= 15 is 0 Å². The van der Waals surface area contributed by atoms with Gasteiger partial charge in [0.25, 0.3) is 0 Å². The summed E-state index contributed by atoms with van der Waals surface area (Å²) in [7, 11) is 1.83. The van der Waals surface area contributed by atoms with Gasteiger partial charge >= 0.3 is 0 Å². The third-order valence-electron chi connectivity index (χ3n) is 3.25. The van der Waals surface area contributed by atoms with Crippen molar-refractivity contribution in [2.45, 2.75) is 31.7 Å². The Morgan fingerprint density at radius 1 is 1.73 bits per heavy atom. The van der Waals surface area contributed by atoms with Crippen molar-refractivity contribution in [2.24, 2.45) is 7.05 Å². The fraction of sp³-hybridized carbons (Fsp3) is 0.636. The summed E-state index contributed by atoms with van der Waals surface area (Å²) < 4.78 is 1.67. The number of ketones is 1. The van der Waals surface area contributed by atoms with Crippen LogP contribution in [0.2, 0.25) is 0 Å². The molecule has 4 nitrogen and oxygen atoms in total. The van der Waals surface area contributed by atoms with E-state index in [9.17, 15) is 4.79 Å². The molecule has 0 aromatic carbocycles. The minimum absolute atomic E-state index is 0.190. The van der Waals surface area contributed by atoms with E-state index in [4.69, 9.17) is 0 Å². The quantitative estimate of drug-likeness (QED) is 0.756. The Kier molecular flexibility index (Phi) is 2.61. The Hall–Kier alpha value is -1.16. The smallest absolute Gasteiger partial charge is 0.185 e. The molecule has 1 aliphatic heterocycles. The molecule has 1 aromatic heterocycles. The maximum atomic E-state index is 12.3. The van der Waals surface area contributed by atoms with Gasteiger partial charge in [-0.15, -0.1) is 0 Å². The molecular formula is C11H17N3O. The summed E-state index contributed by atoms with van der Waals surface area (Å²) in [5.74, 6) is 0.190. The highest BCUT2D eigenvalue weighted by molar-refractivity contribution is 6.03. The van der Waals surface area contributed by atoms with Gasteiger partial charge in [-0.2, -0.15) is 5.10 Å². The van der Waals surface area contributed by atoms with Gasteiger partial charge < -0.3 is 5.32 Å². The van der Waals surface area contributed by atoms with Gasteiger partial charge in [-0.1, -0.05) is 6.92 Å². The summed E-state index contributed by atoms with van der Waals surface area (Å²) in [5.41, 5.74) is 0.386. The van der Waals surface area contributed by atoms with Crippen LogP contribution in [-0.2, 0) is 7.05 Å². The molecule has 0 amide bonds. The number of rotatable bonds is 3. The Balaban J connectivity index is 2.26. The Bertz CT molecular complexity index is 364. The number of hydrogen-bond acceptors (Lipinski definition) is 3. The SMILES string of the molecule is CCC1(C(=O)c2cnn(C)c2)CCCN1. The highest BCUT2D eigenvalue weighted by Crippen LogP contribution is 2.26. The molecule has 1 fully saturated rings. The number of carbonyl (C=O) groups is 1. The third-order valence-corrected chi connectivity index (χ3v) is 3.25. The van der Waals surface area contributed by atoms with Crippen molar-refractivity contribution in [1.82, 2.24) is 15.1 Å². The second kappa shape index (κ2) is 3.77. The van der Waals surface area contributed by atoms with E-state index in [2.05, 4.69) is 17.3 Å². The first-order valence-corrected chi connectivity index (χ1v) is 5.46. The molecule has 0 spiro atoms. The lowest BCUT2D eigenvalue weighted by Gasteiger charge is -2.25. The van der Waals surface area contributed by atoms with Gasteiger partial charge in [-0.3, -0.25) is 9.48 Å². The molecule has 2 heterocycles. The van der Waals surface area contributed by atoms with Gasteiger partial charge in [-0.05, 0) is 25.8 Å². The van der Waals surface area contributed by atoms with Gasteiger partial charge in [0.15, 0.2) is 5.78 Å². The van der Waals surface area contributed by atoms with E-state index in [-0.39, 0.29) is 11.3 Å². The first-order chi connectivity index (χ1) is 7.18. The summed E-state index contributed by atoms with van der Waals surface area (Å²) in [5, 5.41) is 7.38. The molecule has 1 atom stereocenters. The minimum Gasteiger partial charge on any atom is -0.305 e. The van der Waals surface area contributed by atoms with Crippen molar-refractivity contribution < 1.29 is 4.79 Å². The topological polar surface area (TPSA) is 46.9 Å². The number of aryl methyl sites for hydroxylation is 1. The molecule has 2 rings (SSSR count). The lowest BCUT2D eigenvalue weighted by molar-refractivity contribution is 0.0864. The lowest BCUT2D eigenvalue weighted by atomic mass is 9.86. The van der Waals surface area contributed by atoms with Crippen LogP contribution in [0.5, 0.6) is 0 Å². The van der Waals surface area contributed by atoms with Crippen molar-refractivity contribution >= 4 is 5.78 Å². The first kappa shape index (κ1) is 10.4. The number of Topliss-reactive ketones (excluding diaryl/α,β-unsaturated/α-hetero) is 1. The van der Waals surface area contributed by atoms with Crippen LogP contribution >= 0.6 is 0 Å². The Morgan fingerprint density at radius 3 is 3.00 bits per heavy atom. The molecule has 1 unspecified atom stereocenters. The number of carbonyl (C=O) groups excluding carboxylic acids is 1. The van der Waals surface area contributed by atoms with Crippen LogP contribution in [0.15, 0.2) is 12.4 Å². The van der Waals surface area contributed by atoms with Crippen molar-refractivity contribution in [2.75, 3.05) is 6.54 Å². The normalized spacial score (nSPS) is 25.7. The van der Waals surface area contributed by atoms with Gasteiger partial charge in [0, 0.05) is 13.2 Å². The molecule has 0 saturated carbocycles. The lowest BCUT2D eigenvalue weighted by Crippen LogP contribution is -2.46. The average Bonchev–Trinajstić information content (AvgIpc) is 2.86. The molecule has 0 aliphatic carbocycles. The van der Waals surface area contributed by atoms with Gasteiger partial charge in [0.2, 0.25) is 0 Å². The van der Waals surface area contributed by atoms with E-state index in [1.165, 1.54) is 0 Å². The zero-order valence-corrected chi connectivity index (χ0v) is 9.29. The monoisotopic (exact) mass is 207 g/mol. The number of hydrogen-bond donors (Lipinski definition) is 1. The fourth-order valence-electron chi connectivity index (χ4n) is 2.28. The highest BCUT2D eigenvalue weighted by atomic mass is 16.1. The third kappa shape index (κ3) is 1.69. The standard InChI is InChI=1S/C11H17N3O/c1-3-11(5-4-6-12-11)10(15)9-7-13-14(2)8-9/h7-8,12H,3-6H2,1-2H3. The number of nitrogens with one attached hydrogen (secondary N) is 1. The van der Waals surface area contributed by atoms with E-state index in [0.717, 1.165) is 25.8 Å². The molecule has 1 aromatic rings. The van der Waals surface area contributed by atoms with Crippen LogP contribution in [0.25, 0.3) is 0 Å². The largest absolute Gasteiger partial charge is 0.305 e. The molecule has 0 radical (unpaired) electrons. The zero-order chi connectivity index (χ0) is 10.9. The van der Waals surface area contributed by atoms with Gasteiger partial charge in [0.1, 0.15) is 0 Å². The van der Waals surface area contributed by atoms with E-state index < -0.39 is 0 Å². The van der Waals surface area contributed by atoms with Crippen LogP contribution in [-0.4, -0.2) is 27.6 Å². The maximum Gasteiger partial charge on any atom is 0.185 e. The molecule has 15 heavy (non-hydrogen) atoms. The molecular weight excluding hydrogens is 190 g/mol. The predicted octanol–water partition coefficient (Wildman–Crippen LogP) is 1.13. The van der Waals surface area contributed by atoms with Crippen LogP contribution in [0.1, 0.15) is 36.5 Å². The molecule has 1 saturated heterocycles. The van der Waals surface area contributed by atoms with Gasteiger partial charge in [0.05, 0.1) is 17.3 Å². The molecule has 4 heteroatoms. The maximum absolute atomic E-state index is 12.3. The first-order valence-electron chi connectivity index (χ1n) is 5.46. The van der Waals surface area contributed by atoms with Crippen LogP contribution in [0.3, 0.4) is 0 Å². The summed E-state index contributed by atoms with van der Waals surface area (Å²) >= 11 is 0. The van der Waals surface area contributed by atoms with E-state index in [0.29, 0.717) is 5.56 Å². The van der Waals surface area contributed by atoms with Crippen molar-refractivity contribution in [3.05, 3.63) is 18.0 Å². The minimum atomic E-state index is -0.330. The number of nitrogens with zero attached hydrogens (tertiary/aromatic N) is 2. The Morgan fingerprint density at radius 2 is 2.53 bits per heavy atom. The molecule has 82 valence electrons. The summed E-state index contributed by atoms with van der Waals surface area (Å²) in [6.07, 6.45) is 6.32. The highest BCUT2D eigenvalue weighted by Gasteiger charge is 2.39.